The maximum Gasteiger partial charge on any atom is 0.252 e. The number of sulfonamides is 1. The summed E-state index contributed by atoms with van der Waals surface area (Å²) >= 11 is 3.03. The van der Waals surface area contributed by atoms with E-state index in [1.54, 1.807) is 28.8 Å². The Kier molecular flexibility index (Phi) is 6.70. The lowest BCUT2D eigenvalue weighted by Crippen LogP contribution is -2.53. The SMILES string of the molecule is O=C(C1CCCN(S(=O)(=O)c2cccs2)C1)N1CCN(CCc2cccs2)CC1. The summed E-state index contributed by atoms with van der Waals surface area (Å²) in [7, 11) is -3.48. The molecule has 0 spiro atoms. The predicted octanol–water partition coefficient (Wildman–Crippen LogP) is 2.60. The zero-order valence-electron chi connectivity index (χ0n) is 16.4. The van der Waals surface area contributed by atoms with Crippen LogP contribution in [0.5, 0.6) is 0 Å². The van der Waals surface area contributed by atoms with Crippen LogP contribution in [0.1, 0.15) is 17.7 Å². The molecule has 1 unspecified atom stereocenters. The van der Waals surface area contributed by atoms with E-state index in [0.717, 1.165) is 52.0 Å². The van der Waals surface area contributed by atoms with Crippen molar-refractivity contribution in [1.29, 1.82) is 0 Å². The molecule has 1 amide bonds. The molecule has 4 rings (SSSR count). The molecule has 0 aromatic carbocycles. The van der Waals surface area contributed by atoms with Crippen molar-refractivity contribution in [2.45, 2.75) is 23.5 Å². The number of piperidine rings is 1. The lowest BCUT2D eigenvalue weighted by Gasteiger charge is -2.38. The second kappa shape index (κ2) is 9.26. The van der Waals surface area contributed by atoms with Gasteiger partial charge in [-0.15, -0.1) is 22.7 Å². The molecule has 29 heavy (non-hydrogen) atoms. The molecule has 0 saturated carbocycles. The number of carbonyl (C=O) groups is 1. The smallest absolute Gasteiger partial charge is 0.252 e. The van der Waals surface area contributed by atoms with E-state index in [1.807, 2.05) is 4.90 Å². The maximum absolute atomic E-state index is 13.1. The third-order valence-corrected chi connectivity index (χ3v) is 9.94. The van der Waals surface area contributed by atoms with Crippen molar-refractivity contribution in [3.05, 3.63) is 39.9 Å². The van der Waals surface area contributed by atoms with Crippen molar-refractivity contribution in [1.82, 2.24) is 14.1 Å². The van der Waals surface area contributed by atoms with Gasteiger partial charge in [0, 0.05) is 50.7 Å². The molecule has 9 heteroatoms. The van der Waals surface area contributed by atoms with E-state index in [4.69, 9.17) is 0 Å². The molecule has 158 valence electrons. The molecule has 0 radical (unpaired) electrons. The summed E-state index contributed by atoms with van der Waals surface area (Å²) in [6, 6.07) is 7.65. The number of hydrogen-bond acceptors (Lipinski definition) is 6. The van der Waals surface area contributed by atoms with E-state index >= 15 is 0 Å². The van der Waals surface area contributed by atoms with E-state index in [2.05, 4.69) is 22.4 Å². The third-order valence-electron chi connectivity index (χ3n) is 5.76. The molecular formula is C20H27N3O3S3. The maximum atomic E-state index is 13.1. The molecule has 2 aromatic heterocycles. The Bertz CT molecular complexity index is 889. The van der Waals surface area contributed by atoms with Crippen LogP contribution in [0.3, 0.4) is 0 Å². The highest BCUT2D eigenvalue weighted by Crippen LogP contribution is 2.27. The number of rotatable bonds is 6. The summed E-state index contributed by atoms with van der Waals surface area (Å²) in [4.78, 5) is 18.8. The summed E-state index contributed by atoms with van der Waals surface area (Å²) in [5.74, 6) is -0.106. The average Bonchev–Trinajstić information content (AvgIpc) is 3.46. The molecule has 1 atom stereocenters. The van der Waals surface area contributed by atoms with Crippen molar-refractivity contribution in [3.63, 3.8) is 0 Å². The normalized spacial score (nSPS) is 22.1. The summed E-state index contributed by atoms with van der Waals surface area (Å²) in [5, 5.41) is 3.88. The first-order chi connectivity index (χ1) is 14.0. The molecule has 2 aliphatic heterocycles. The summed E-state index contributed by atoms with van der Waals surface area (Å²) in [6.07, 6.45) is 2.57. The van der Waals surface area contributed by atoms with Crippen molar-refractivity contribution in [2.24, 2.45) is 5.92 Å². The van der Waals surface area contributed by atoms with E-state index in [-0.39, 0.29) is 11.8 Å². The molecule has 6 nitrogen and oxygen atoms in total. The topological polar surface area (TPSA) is 60.9 Å². The third kappa shape index (κ3) is 4.91. The highest BCUT2D eigenvalue weighted by atomic mass is 32.2. The number of thiophene rings is 2. The molecule has 2 aromatic rings. The summed E-state index contributed by atoms with van der Waals surface area (Å²) < 4.78 is 27.5. The van der Waals surface area contributed by atoms with Gasteiger partial charge < -0.3 is 4.90 Å². The second-order valence-electron chi connectivity index (χ2n) is 7.63. The van der Waals surface area contributed by atoms with Crippen molar-refractivity contribution < 1.29 is 13.2 Å². The molecule has 2 saturated heterocycles. The van der Waals surface area contributed by atoms with E-state index in [9.17, 15) is 13.2 Å². The molecule has 0 bridgehead atoms. The lowest BCUT2D eigenvalue weighted by atomic mass is 9.97. The van der Waals surface area contributed by atoms with E-state index < -0.39 is 10.0 Å². The monoisotopic (exact) mass is 453 g/mol. The van der Waals surface area contributed by atoms with Gasteiger partial charge in [-0.05, 0) is 42.2 Å². The van der Waals surface area contributed by atoms with Crippen molar-refractivity contribution in [3.8, 4) is 0 Å². The van der Waals surface area contributed by atoms with Gasteiger partial charge in [0.25, 0.3) is 10.0 Å². The zero-order chi connectivity index (χ0) is 20.3. The van der Waals surface area contributed by atoms with Crippen LogP contribution in [0.25, 0.3) is 0 Å². The van der Waals surface area contributed by atoms with Gasteiger partial charge in [-0.25, -0.2) is 8.42 Å². The Balaban J connectivity index is 1.29. The Morgan fingerprint density at radius 1 is 1.03 bits per heavy atom. The van der Waals surface area contributed by atoms with Gasteiger partial charge in [0.1, 0.15) is 4.21 Å². The van der Waals surface area contributed by atoms with Crippen LogP contribution in [0, 0.1) is 5.92 Å². The molecule has 4 heterocycles. The Morgan fingerprint density at radius 3 is 2.48 bits per heavy atom. The van der Waals surface area contributed by atoms with Gasteiger partial charge in [0.05, 0.1) is 5.92 Å². The average molecular weight is 454 g/mol. The standard InChI is InChI=1S/C20H27N3O3S3/c24-20(22-12-10-21(11-13-22)9-7-18-5-2-14-27-18)17-4-1-8-23(16-17)29(25,26)19-6-3-15-28-19/h2-3,5-6,14-15,17H,1,4,7-13,16H2. The number of piperazine rings is 1. The lowest BCUT2D eigenvalue weighted by molar-refractivity contribution is -0.138. The molecule has 2 fully saturated rings. The van der Waals surface area contributed by atoms with Crippen LogP contribution in [-0.2, 0) is 21.2 Å². The highest BCUT2D eigenvalue weighted by Gasteiger charge is 2.36. The van der Waals surface area contributed by atoms with Crippen LogP contribution in [-0.4, -0.2) is 74.2 Å². The number of hydrogen-bond donors (Lipinski definition) is 0. The molecule has 0 aliphatic carbocycles. The van der Waals surface area contributed by atoms with Crippen LogP contribution < -0.4 is 0 Å². The van der Waals surface area contributed by atoms with Crippen LogP contribution in [0.4, 0.5) is 0 Å². The number of nitrogens with zero attached hydrogens (tertiary/aromatic N) is 3. The van der Waals surface area contributed by atoms with Gasteiger partial charge >= 0.3 is 0 Å². The van der Waals surface area contributed by atoms with E-state index in [1.165, 1.54) is 20.5 Å². The van der Waals surface area contributed by atoms with Crippen LogP contribution >= 0.6 is 22.7 Å². The Morgan fingerprint density at radius 2 is 1.79 bits per heavy atom. The molecular weight excluding hydrogens is 426 g/mol. The summed E-state index contributed by atoms with van der Waals surface area (Å²) in [6.45, 7) is 5.08. The minimum atomic E-state index is -3.48. The van der Waals surface area contributed by atoms with Crippen molar-refractivity contribution >= 4 is 38.6 Å². The summed E-state index contributed by atoms with van der Waals surface area (Å²) in [5.41, 5.74) is 0. The second-order valence-corrected chi connectivity index (χ2v) is 11.8. The quantitative estimate of drug-likeness (QED) is 0.675. The molecule has 0 N–H and O–H groups in total. The fourth-order valence-electron chi connectivity index (χ4n) is 4.07. The first-order valence-corrected chi connectivity index (χ1v) is 13.3. The minimum absolute atomic E-state index is 0.119. The Hall–Kier alpha value is -1.26. The zero-order valence-corrected chi connectivity index (χ0v) is 18.9. The number of carbonyl (C=O) groups excluding carboxylic acids is 1. The Labute approximate surface area is 180 Å². The minimum Gasteiger partial charge on any atom is -0.340 e. The van der Waals surface area contributed by atoms with Crippen LogP contribution in [0.2, 0.25) is 0 Å². The van der Waals surface area contributed by atoms with Gasteiger partial charge in [-0.3, -0.25) is 9.69 Å². The van der Waals surface area contributed by atoms with Gasteiger partial charge in [0.15, 0.2) is 0 Å². The number of amides is 1. The predicted molar refractivity (Wildman–Crippen MR) is 117 cm³/mol. The van der Waals surface area contributed by atoms with Gasteiger partial charge in [-0.2, -0.15) is 4.31 Å². The van der Waals surface area contributed by atoms with Crippen LogP contribution in [0.15, 0.2) is 39.2 Å². The van der Waals surface area contributed by atoms with Gasteiger partial charge in [0.2, 0.25) is 5.91 Å². The molecule has 2 aliphatic rings. The van der Waals surface area contributed by atoms with E-state index in [0.29, 0.717) is 17.3 Å². The first kappa shape index (κ1) is 21.0. The fourth-order valence-corrected chi connectivity index (χ4v) is 7.44. The first-order valence-electron chi connectivity index (χ1n) is 10.1. The fraction of sp³-hybridized carbons (Fsp3) is 0.550. The van der Waals surface area contributed by atoms with Crippen molar-refractivity contribution in [2.75, 3.05) is 45.8 Å². The van der Waals surface area contributed by atoms with Gasteiger partial charge in [-0.1, -0.05) is 12.1 Å². The largest absolute Gasteiger partial charge is 0.340 e. The highest BCUT2D eigenvalue weighted by molar-refractivity contribution is 7.91.